The van der Waals surface area contributed by atoms with Crippen LogP contribution in [0.25, 0.3) is 6.08 Å². The summed E-state index contributed by atoms with van der Waals surface area (Å²) in [5.74, 6) is 0. The van der Waals surface area contributed by atoms with E-state index >= 15 is 0 Å². The average Bonchev–Trinajstić information content (AvgIpc) is 2.25. The van der Waals surface area contributed by atoms with E-state index in [4.69, 9.17) is 4.43 Å². The Bertz CT molecular complexity index is 266. The molecule has 0 amide bonds. The van der Waals surface area contributed by atoms with E-state index in [9.17, 15) is 0 Å². The van der Waals surface area contributed by atoms with E-state index in [0.29, 0.717) is 0 Å². The van der Waals surface area contributed by atoms with Crippen molar-refractivity contribution in [2.45, 2.75) is 18.9 Å². The molecule has 0 radical (unpaired) electrons. The molecule has 1 nitrogen and oxygen atoms in total. The van der Waals surface area contributed by atoms with Crippen molar-refractivity contribution in [3.8, 4) is 0 Å². The van der Waals surface area contributed by atoms with Crippen molar-refractivity contribution in [2.75, 3.05) is 7.11 Å². The predicted octanol–water partition coefficient (Wildman–Crippen LogP) is 2.41. The van der Waals surface area contributed by atoms with Gasteiger partial charge in [0.15, 0.2) is 9.76 Å². The predicted molar refractivity (Wildman–Crippen MR) is 65.2 cm³/mol. The van der Waals surface area contributed by atoms with Crippen LogP contribution in [0.4, 0.5) is 0 Å². The van der Waals surface area contributed by atoms with Gasteiger partial charge in [0.05, 0.1) is 0 Å². The fourth-order valence-electron chi connectivity index (χ4n) is 1.40. The molecular formula is C12H18OSi. The molecule has 1 aromatic carbocycles. The maximum atomic E-state index is 5.14. The second kappa shape index (κ2) is 6.57. The van der Waals surface area contributed by atoms with Gasteiger partial charge in [0.2, 0.25) is 0 Å². The molecule has 2 heteroatoms. The first-order valence-corrected chi connectivity index (χ1v) is 6.65. The van der Waals surface area contributed by atoms with Gasteiger partial charge in [0.25, 0.3) is 0 Å². The number of benzene rings is 1. The molecule has 0 spiro atoms. The highest BCUT2D eigenvalue weighted by Gasteiger charge is 1.93. The molecule has 0 bridgehead atoms. The first kappa shape index (κ1) is 11.2. The standard InChI is InChI=1S/C12H18OSi/c1-3-11-6-8-12(9-7-11)5-4-10-14-13-2/h3,6-9H,1,4-5,10,14H2,2H3. The van der Waals surface area contributed by atoms with Crippen LogP contribution in [0.5, 0.6) is 0 Å². The van der Waals surface area contributed by atoms with Gasteiger partial charge in [0, 0.05) is 7.11 Å². The summed E-state index contributed by atoms with van der Waals surface area (Å²) in [6.07, 6.45) is 4.31. The minimum absolute atomic E-state index is 0.223. The van der Waals surface area contributed by atoms with Crippen molar-refractivity contribution in [2.24, 2.45) is 0 Å². The Morgan fingerprint density at radius 3 is 2.64 bits per heavy atom. The molecule has 0 aliphatic rings. The van der Waals surface area contributed by atoms with Gasteiger partial charge in [-0.1, -0.05) is 43.3 Å². The molecule has 0 aromatic heterocycles. The number of rotatable bonds is 6. The van der Waals surface area contributed by atoms with E-state index in [0.717, 1.165) is 0 Å². The third-order valence-electron chi connectivity index (χ3n) is 2.28. The van der Waals surface area contributed by atoms with E-state index < -0.39 is 0 Å². The highest BCUT2D eigenvalue weighted by molar-refractivity contribution is 6.26. The van der Waals surface area contributed by atoms with Crippen molar-refractivity contribution in [1.29, 1.82) is 0 Å². The molecule has 0 atom stereocenters. The SMILES string of the molecule is C=Cc1ccc(CCC[SiH2]OC)cc1. The summed E-state index contributed by atoms with van der Waals surface area (Å²) in [6.45, 7) is 3.74. The summed E-state index contributed by atoms with van der Waals surface area (Å²) in [4.78, 5) is 0. The van der Waals surface area contributed by atoms with Gasteiger partial charge in [-0.25, -0.2) is 0 Å². The van der Waals surface area contributed by atoms with Gasteiger partial charge in [-0.05, 0) is 23.6 Å². The fourth-order valence-corrected chi connectivity index (χ4v) is 2.14. The van der Waals surface area contributed by atoms with E-state index in [-0.39, 0.29) is 9.76 Å². The first-order chi connectivity index (χ1) is 6.86. The summed E-state index contributed by atoms with van der Waals surface area (Å²) in [7, 11) is 1.59. The van der Waals surface area contributed by atoms with Crippen LogP contribution in [0.15, 0.2) is 30.8 Å². The Labute approximate surface area is 88.7 Å². The van der Waals surface area contributed by atoms with Crippen LogP contribution in [0.2, 0.25) is 6.04 Å². The minimum atomic E-state index is -0.223. The Kier molecular flexibility index (Phi) is 5.26. The molecule has 0 unspecified atom stereocenters. The monoisotopic (exact) mass is 206 g/mol. The zero-order valence-electron chi connectivity index (χ0n) is 8.83. The Morgan fingerprint density at radius 2 is 2.07 bits per heavy atom. The molecule has 0 N–H and O–H groups in total. The molecule has 0 saturated carbocycles. The van der Waals surface area contributed by atoms with Crippen LogP contribution >= 0.6 is 0 Å². The molecular weight excluding hydrogens is 188 g/mol. The van der Waals surface area contributed by atoms with E-state index in [1.807, 2.05) is 13.2 Å². The topological polar surface area (TPSA) is 9.23 Å². The van der Waals surface area contributed by atoms with Crippen LogP contribution < -0.4 is 0 Å². The lowest BCUT2D eigenvalue weighted by Gasteiger charge is -2.01. The Balaban J connectivity index is 2.32. The molecule has 76 valence electrons. The molecule has 0 aliphatic heterocycles. The van der Waals surface area contributed by atoms with Crippen molar-refractivity contribution >= 4 is 15.8 Å². The molecule has 0 fully saturated rings. The van der Waals surface area contributed by atoms with E-state index in [1.165, 1.54) is 30.0 Å². The van der Waals surface area contributed by atoms with Crippen LogP contribution in [0.3, 0.4) is 0 Å². The molecule has 0 saturated heterocycles. The highest BCUT2D eigenvalue weighted by Crippen LogP contribution is 2.08. The zero-order chi connectivity index (χ0) is 10.2. The van der Waals surface area contributed by atoms with Gasteiger partial charge < -0.3 is 4.43 Å². The van der Waals surface area contributed by atoms with Gasteiger partial charge in [-0.15, -0.1) is 0 Å². The highest BCUT2D eigenvalue weighted by atomic mass is 28.2. The maximum Gasteiger partial charge on any atom is 0.161 e. The van der Waals surface area contributed by atoms with Crippen LogP contribution in [-0.4, -0.2) is 16.9 Å². The van der Waals surface area contributed by atoms with Gasteiger partial charge in [-0.2, -0.15) is 0 Å². The van der Waals surface area contributed by atoms with Gasteiger partial charge in [0.1, 0.15) is 0 Å². The lowest BCUT2D eigenvalue weighted by atomic mass is 10.1. The fraction of sp³-hybridized carbons (Fsp3) is 0.333. The smallest absolute Gasteiger partial charge is 0.161 e. The molecule has 1 aromatic rings. The minimum Gasteiger partial charge on any atom is -0.427 e. The molecule has 0 aliphatic carbocycles. The quantitative estimate of drug-likeness (QED) is 0.513. The molecule has 0 heterocycles. The molecule has 14 heavy (non-hydrogen) atoms. The number of hydrogen-bond donors (Lipinski definition) is 0. The van der Waals surface area contributed by atoms with Crippen molar-refractivity contribution < 1.29 is 4.43 Å². The maximum absolute atomic E-state index is 5.14. The van der Waals surface area contributed by atoms with Gasteiger partial charge in [-0.3, -0.25) is 0 Å². The second-order valence-electron chi connectivity index (χ2n) is 3.40. The number of aryl methyl sites for hydroxylation is 1. The lowest BCUT2D eigenvalue weighted by molar-refractivity contribution is 0.439. The van der Waals surface area contributed by atoms with E-state index in [1.54, 1.807) is 0 Å². The van der Waals surface area contributed by atoms with Gasteiger partial charge >= 0.3 is 0 Å². The molecule has 1 rings (SSSR count). The third kappa shape index (κ3) is 3.90. The first-order valence-electron chi connectivity index (χ1n) is 5.07. The van der Waals surface area contributed by atoms with Crippen molar-refractivity contribution in [1.82, 2.24) is 0 Å². The summed E-state index contributed by atoms with van der Waals surface area (Å²) < 4.78 is 5.14. The Hall–Kier alpha value is -0.863. The van der Waals surface area contributed by atoms with Crippen LogP contribution in [0, 0.1) is 0 Å². The van der Waals surface area contributed by atoms with Crippen LogP contribution in [-0.2, 0) is 10.8 Å². The summed E-state index contributed by atoms with van der Waals surface area (Å²) in [5, 5.41) is 0. The van der Waals surface area contributed by atoms with Crippen LogP contribution in [0.1, 0.15) is 17.5 Å². The second-order valence-corrected chi connectivity index (χ2v) is 5.09. The lowest BCUT2D eigenvalue weighted by Crippen LogP contribution is -1.94. The van der Waals surface area contributed by atoms with Crippen molar-refractivity contribution in [3.05, 3.63) is 42.0 Å². The van der Waals surface area contributed by atoms with Crippen molar-refractivity contribution in [3.63, 3.8) is 0 Å². The number of hydrogen-bond acceptors (Lipinski definition) is 1. The summed E-state index contributed by atoms with van der Waals surface area (Å²) >= 11 is 0. The normalized spacial score (nSPS) is 10.9. The summed E-state index contributed by atoms with van der Waals surface area (Å²) in [6, 6.07) is 9.89. The zero-order valence-corrected chi connectivity index (χ0v) is 10.2. The largest absolute Gasteiger partial charge is 0.427 e. The Morgan fingerprint density at radius 1 is 1.36 bits per heavy atom. The average molecular weight is 206 g/mol. The van der Waals surface area contributed by atoms with E-state index in [2.05, 4.69) is 30.8 Å². The summed E-state index contributed by atoms with van der Waals surface area (Å²) in [5.41, 5.74) is 2.61. The third-order valence-corrected chi connectivity index (χ3v) is 3.48.